The molecule has 0 aromatic heterocycles. The summed E-state index contributed by atoms with van der Waals surface area (Å²) >= 11 is 0. The van der Waals surface area contributed by atoms with Crippen LogP contribution in [0.1, 0.15) is 35.4 Å². The van der Waals surface area contributed by atoms with Gasteiger partial charge in [-0.05, 0) is 29.5 Å². The lowest BCUT2D eigenvalue weighted by Crippen LogP contribution is -2.48. The van der Waals surface area contributed by atoms with Gasteiger partial charge in [0.15, 0.2) is 0 Å². The lowest BCUT2D eigenvalue weighted by Gasteiger charge is -2.42. The van der Waals surface area contributed by atoms with Crippen molar-refractivity contribution >= 4 is 0 Å². The maximum absolute atomic E-state index is 12.0. The molecule has 0 heterocycles. The molecule has 3 aromatic carbocycles. The Morgan fingerprint density at radius 1 is 0.640 bits per heavy atom. The van der Waals surface area contributed by atoms with E-state index in [0.29, 0.717) is 6.42 Å². The maximum Gasteiger partial charge on any atom is 0.129 e. The minimum atomic E-state index is -1.38. The minimum absolute atomic E-state index is 0.165. The number of hydrogen-bond acceptors (Lipinski definition) is 2. The van der Waals surface area contributed by atoms with Gasteiger partial charge in [-0.2, -0.15) is 0 Å². The second-order valence-corrected chi connectivity index (χ2v) is 6.86. The second kappa shape index (κ2) is 6.14. The molecule has 0 bridgehead atoms. The number of hydrogen-bond donors (Lipinski definition) is 2. The molecule has 0 spiro atoms. The summed E-state index contributed by atoms with van der Waals surface area (Å²) in [6.07, 6.45) is 1.24. The summed E-state index contributed by atoms with van der Waals surface area (Å²) in [5.74, 6) is -0.165. The standard InChI is InChI=1S/C23H22O2/c24-22(19-12-6-2-7-13-19)17-16-21(18-10-4-1-5-11-18)23(22,25)20-14-8-3-9-15-20/h1-15,21,24-25H,16-17H2/t21-,22+,23-/m1/s1. The van der Waals surface area contributed by atoms with Gasteiger partial charge in [0.1, 0.15) is 11.2 Å². The molecule has 2 N–H and O–H groups in total. The summed E-state index contributed by atoms with van der Waals surface area (Å²) in [5, 5.41) is 23.7. The fraction of sp³-hybridized carbons (Fsp3) is 0.217. The molecular weight excluding hydrogens is 308 g/mol. The van der Waals surface area contributed by atoms with Crippen molar-refractivity contribution in [3.63, 3.8) is 0 Å². The zero-order chi connectivity index (χ0) is 17.3. The average Bonchev–Trinajstić information content (AvgIpc) is 2.97. The molecule has 2 nitrogen and oxygen atoms in total. The Morgan fingerprint density at radius 3 is 1.68 bits per heavy atom. The summed E-state index contributed by atoms with van der Waals surface area (Å²) in [7, 11) is 0. The van der Waals surface area contributed by atoms with Crippen LogP contribution in [0.2, 0.25) is 0 Å². The second-order valence-electron chi connectivity index (χ2n) is 6.86. The molecule has 0 amide bonds. The SMILES string of the molecule is O[C@]1(c2ccccc2)[C@@H](c2ccccc2)CC[C@]1(O)c1ccccc1. The van der Waals surface area contributed by atoms with Gasteiger partial charge in [-0.15, -0.1) is 0 Å². The Labute approximate surface area is 148 Å². The first-order chi connectivity index (χ1) is 12.2. The maximum atomic E-state index is 12.0. The highest BCUT2D eigenvalue weighted by atomic mass is 16.4. The van der Waals surface area contributed by atoms with Gasteiger partial charge < -0.3 is 10.2 Å². The first-order valence-electron chi connectivity index (χ1n) is 8.77. The zero-order valence-corrected chi connectivity index (χ0v) is 14.0. The summed E-state index contributed by atoms with van der Waals surface area (Å²) in [4.78, 5) is 0. The molecule has 25 heavy (non-hydrogen) atoms. The average molecular weight is 330 g/mol. The summed E-state index contributed by atoms with van der Waals surface area (Å²) in [5.41, 5.74) is -0.124. The van der Waals surface area contributed by atoms with E-state index in [1.165, 1.54) is 0 Å². The molecule has 1 saturated carbocycles. The monoisotopic (exact) mass is 330 g/mol. The van der Waals surface area contributed by atoms with Gasteiger partial charge in [0, 0.05) is 5.92 Å². The number of rotatable bonds is 3. The highest BCUT2D eigenvalue weighted by Crippen LogP contribution is 2.59. The molecule has 0 unspecified atom stereocenters. The van der Waals surface area contributed by atoms with Crippen molar-refractivity contribution in [3.8, 4) is 0 Å². The van der Waals surface area contributed by atoms with E-state index in [-0.39, 0.29) is 5.92 Å². The van der Waals surface area contributed by atoms with E-state index >= 15 is 0 Å². The quantitative estimate of drug-likeness (QED) is 0.750. The molecular formula is C23H22O2. The van der Waals surface area contributed by atoms with Crippen LogP contribution in [-0.2, 0) is 11.2 Å². The Hall–Kier alpha value is -2.42. The van der Waals surface area contributed by atoms with Gasteiger partial charge in [-0.25, -0.2) is 0 Å². The molecule has 1 aliphatic carbocycles. The lowest BCUT2D eigenvalue weighted by atomic mass is 9.70. The van der Waals surface area contributed by atoms with Gasteiger partial charge in [0.2, 0.25) is 0 Å². The van der Waals surface area contributed by atoms with Crippen LogP contribution in [-0.4, -0.2) is 10.2 Å². The summed E-state index contributed by atoms with van der Waals surface area (Å²) < 4.78 is 0. The van der Waals surface area contributed by atoms with E-state index in [0.717, 1.165) is 23.1 Å². The van der Waals surface area contributed by atoms with Gasteiger partial charge >= 0.3 is 0 Å². The Balaban J connectivity index is 1.92. The van der Waals surface area contributed by atoms with Crippen molar-refractivity contribution in [2.24, 2.45) is 0 Å². The summed E-state index contributed by atoms with van der Waals surface area (Å²) in [6, 6.07) is 29.2. The molecule has 0 radical (unpaired) electrons. The topological polar surface area (TPSA) is 40.5 Å². The van der Waals surface area contributed by atoms with Crippen molar-refractivity contribution < 1.29 is 10.2 Å². The molecule has 4 rings (SSSR count). The van der Waals surface area contributed by atoms with Crippen LogP contribution in [0.4, 0.5) is 0 Å². The van der Waals surface area contributed by atoms with Crippen LogP contribution in [0.5, 0.6) is 0 Å². The van der Waals surface area contributed by atoms with Crippen LogP contribution in [0.15, 0.2) is 91.0 Å². The Morgan fingerprint density at radius 2 is 1.12 bits per heavy atom. The van der Waals surface area contributed by atoms with E-state index in [1.807, 2.05) is 91.0 Å². The third-order valence-corrected chi connectivity index (χ3v) is 5.60. The van der Waals surface area contributed by atoms with Crippen molar-refractivity contribution in [2.45, 2.75) is 30.0 Å². The zero-order valence-electron chi connectivity index (χ0n) is 14.0. The fourth-order valence-electron chi connectivity index (χ4n) is 4.34. The first kappa shape index (κ1) is 16.1. The van der Waals surface area contributed by atoms with Gasteiger partial charge in [-0.3, -0.25) is 0 Å². The van der Waals surface area contributed by atoms with Crippen LogP contribution >= 0.6 is 0 Å². The van der Waals surface area contributed by atoms with Crippen molar-refractivity contribution in [1.82, 2.24) is 0 Å². The first-order valence-corrected chi connectivity index (χ1v) is 8.77. The normalized spacial score (nSPS) is 28.8. The highest BCUT2D eigenvalue weighted by Gasteiger charge is 2.60. The van der Waals surface area contributed by atoms with Crippen LogP contribution in [0.25, 0.3) is 0 Å². The van der Waals surface area contributed by atoms with E-state index in [1.54, 1.807) is 0 Å². The Kier molecular flexibility index (Phi) is 3.95. The number of benzene rings is 3. The van der Waals surface area contributed by atoms with Gasteiger partial charge in [0.05, 0.1) is 0 Å². The molecule has 2 heteroatoms. The predicted molar refractivity (Wildman–Crippen MR) is 99.1 cm³/mol. The lowest BCUT2D eigenvalue weighted by molar-refractivity contribution is -0.151. The van der Waals surface area contributed by atoms with E-state index < -0.39 is 11.2 Å². The summed E-state index contributed by atoms with van der Waals surface area (Å²) in [6.45, 7) is 0. The third kappa shape index (κ3) is 2.41. The van der Waals surface area contributed by atoms with E-state index in [2.05, 4.69) is 0 Å². The molecule has 3 aromatic rings. The fourth-order valence-corrected chi connectivity index (χ4v) is 4.34. The van der Waals surface area contributed by atoms with Crippen LogP contribution in [0.3, 0.4) is 0 Å². The largest absolute Gasteiger partial charge is 0.382 e. The molecule has 1 fully saturated rings. The van der Waals surface area contributed by atoms with Crippen molar-refractivity contribution in [1.29, 1.82) is 0 Å². The minimum Gasteiger partial charge on any atom is -0.382 e. The smallest absolute Gasteiger partial charge is 0.129 e. The van der Waals surface area contributed by atoms with Gasteiger partial charge in [0.25, 0.3) is 0 Å². The number of aliphatic hydroxyl groups is 2. The molecule has 126 valence electrons. The molecule has 0 aliphatic heterocycles. The van der Waals surface area contributed by atoms with Crippen molar-refractivity contribution in [3.05, 3.63) is 108 Å². The van der Waals surface area contributed by atoms with Crippen LogP contribution < -0.4 is 0 Å². The van der Waals surface area contributed by atoms with Gasteiger partial charge in [-0.1, -0.05) is 91.0 Å². The third-order valence-electron chi connectivity index (χ3n) is 5.60. The molecule has 1 aliphatic rings. The van der Waals surface area contributed by atoms with E-state index in [4.69, 9.17) is 0 Å². The van der Waals surface area contributed by atoms with Crippen molar-refractivity contribution in [2.75, 3.05) is 0 Å². The molecule has 3 atom stereocenters. The molecule has 0 saturated heterocycles. The predicted octanol–water partition coefficient (Wildman–Crippen LogP) is 4.34. The van der Waals surface area contributed by atoms with Crippen LogP contribution in [0, 0.1) is 0 Å². The highest BCUT2D eigenvalue weighted by molar-refractivity contribution is 5.41. The Bertz CT molecular complexity index is 832. The van der Waals surface area contributed by atoms with E-state index in [9.17, 15) is 10.2 Å².